The van der Waals surface area contributed by atoms with E-state index in [4.69, 9.17) is 10.5 Å². The number of carbonyl (C=O) groups is 1. The topological polar surface area (TPSA) is 64.4 Å². The van der Waals surface area contributed by atoms with Gasteiger partial charge in [0.05, 0.1) is 6.10 Å². The Labute approximate surface area is 97.9 Å². The van der Waals surface area contributed by atoms with Crippen LogP contribution in [0.25, 0.3) is 0 Å². The van der Waals surface area contributed by atoms with Gasteiger partial charge in [0.15, 0.2) is 0 Å². The summed E-state index contributed by atoms with van der Waals surface area (Å²) in [7, 11) is 0. The Morgan fingerprint density at radius 3 is 2.94 bits per heavy atom. The second-order valence-corrected chi connectivity index (χ2v) is 4.41. The van der Waals surface area contributed by atoms with E-state index in [9.17, 15) is 4.79 Å². The van der Waals surface area contributed by atoms with Gasteiger partial charge in [0.2, 0.25) is 5.91 Å². The molecule has 0 aliphatic carbocycles. The summed E-state index contributed by atoms with van der Waals surface area (Å²) in [5.74, 6) is 0.0492. The van der Waals surface area contributed by atoms with Crippen LogP contribution in [0, 0.1) is 5.92 Å². The molecule has 0 aromatic heterocycles. The van der Waals surface area contributed by atoms with Crippen molar-refractivity contribution < 1.29 is 9.53 Å². The minimum Gasteiger partial charge on any atom is -0.378 e. The molecule has 4 heteroatoms. The summed E-state index contributed by atoms with van der Waals surface area (Å²) >= 11 is 0. The van der Waals surface area contributed by atoms with Gasteiger partial charge in [-0.3, -0.25) is 4.79 Å². The lowest BCUT2D eigenvalue weighted by Gasteiger charge is -2.23. The Morgan fingerprint density at radius 1 is 1.56 bits per heavy atom. The number of ether oxygens (including phenoxy) is 1. The maximum Gasteiger partial charge on any atom is 0.224 e. The third-order valence-corrected chi connectivity index (χ3v) is 3.19. The van der Waals surface area contributed by atoms with Gasteiger partial charge < -0.3 is 15.8 Å². The van der Waals surface area contributed by atoms with E-state index in [0.717, 1.165) is 25.9 Å². The van der Waals surface area contributed by atoms with Crippen molar-refractivity contribution in [2.45, 2.75) is 45.1 Å². The summed E-state index contributed by atoms with van der Waals surface area (Å²) < 4.78 is 5.60. The third-order valence-electron chi connectivity index (χ3n) is 3.19. The lowest BCUT2D eigenvalue weighted by Crippen LogP contribution is -2.36. The summed E-state index contributed by atoms with van der Waals surface area (Å²) in [6.07, 6.45) is 5.62. The Bertz CT molecular complexity index is 199. The van der Waals surface area contributed by atoms with Crippen LogP contribution in [0.1, 0.15) is 39.0 Å². The molecule has 0 radical (unpaired) electrons. The van der Waals surface area contributed by atoms with Crippen molar-refractivity contribution >= 4 is 5.91 Å². The molecule has 3 N–H and O–H groups in total. The highest BCUT2D eigenvalue weighted by atomic mass is 16.5. The molecule has 1 heterocycles. The summed E-state index contributed by atoms with van der Waals surface area (Å²) in [6.45, 7) is 4.00. The van der Waals surface area contributed by atoms with E-state index < -0.39 is 0 Å². The van der Waals surface area contributed by atoms with E-state index >= 15 is 0 Å². The fraction of sp³-hybridized carbons (Fsp3) is 0.917. The molecule has 0 saturated carbocycles. The maximum absolute atomic E-state index is 11.6. The molecule has 2 atom stereocenters. The highest BCUT2D eigenvalue weighted by Gasteiger charge is 2.16. The van der Waals surface area contributed by atoms with Crippen LogP contribution in [0.4, 0.5) is 0 Å². The lowest BCUT2D eigenvalue weighted by atomic mass is 10.0. The van der Waals surface area contributed by atoms with E-state index in [0.29, 0.717) is 19.2 Å². The molecule has 0 aromatic carbocycles. The van der Waals surface area contributed by atoms with Crippen molar-refractivity contribution in [1.29, 1.82) is 0 Å². The summed E-state index contributed by atoms with van der Waals surface area (Å²) in [6, 6.07) is 0. The van der Waals surface area contributed by atoms with Crippen LogP contribution in [-0.4, -0.2) is 31.7 Å². The van der Waals surface area contributed by atoms with Gasteiger partial charge in [0, 0.05) is 25.6 Å². The Hall–Kier alpha value is -0.610. The van der Waals surface area contributed by atoms with Gasteiger partial charge in [-0.15, -0.1) is 0 Å². The first-order valence-electron chi connectivity index (χ1n) is 6.37. The van der Waals surface area contributed by atoms with E-state index in [1.807, 2.05) is 6.92 Å². The van der Waals surface area contributed by atoms with Crippen LogP contribution in [0.3, 0.4) is 0 Å². The van der Waals surface area contributed by atoms with Crippen molar-refractivity contribution in [2.75, 3.05) is 19.7 Å². The molecule has 1 rings (SSSR count). The highest BCUT2D eigenvalue weighted by Crippen LogP contribution is 2.14. The molecule has 2 unspecified atom stereocenters. The Kier molecular flexibility index (Phi) is 6.42. The van der Waals surface area contributed by atoms with Crippen LogP contribution < -0.4 is 11.1 Å². The molecule has 0 aromatic rings. The van der Waals surface area contributed by atoms with Crippen LogP contribution in [0.2, 0.25) is 0 Å². The average molecular weight is 228 g/mol. The average Bonchev–Trinajstić information content (AvgIpc) is 2.32. The number of hydrogen-bond acceptors (Lipinski definition) is 3. The SMILES string of the molecule is CCC(CN)C(=O)NCCC1CCCCO1. The zero-order valence-electron chi connectivity index (χ0n) is 10.2. The van der Waals surface area contributed by atoms with Crippen LogP contribution in [0.15, 0.2) is 0 Å². The van der Waals surface area contributed by atoms with Gasteiger partial charge in [-0.1, -0.05) is 6.92 Å². The smallest absolute Gasteiger partial charge is 0.224 e. The zero-order valence-corrected chi connectivity index (χ0v) is 10.2. The molecule has 0 spiro atoms. The molecule has 16 heavy (non-hydrogen) atoms. The van der Waals surface area contributed by atoms with Crippen LogP contribution in [-0.2, 0) is 9.53 Å². The maximum atomic E-state index is 11.6. The van der Waals surface area contributed by atoms with Crippen molar-refractivity contribution in [1.82, 2.24) is 5.32 Å². The fourth-order valence-electron chi connectivity index (χ4n) is 1.99. The highest BCUT2D eigenvalue weighted by molar-refractivity contribution is 5.78. The second-order valence-electron chi connectivity index (χ2n) is 4.41. The van der Waals surface area contributed by atoms with Crippen molar-refractivity contribution in [3.8, 4) is 0 Å². The normalized spacial score (nSPS) is 22.8. The molecular formula is C12H24N2O2. The molecule has 1 saturated heterocycles. The monoisotopic (exact) mass is 228 g/mol. The fourth-order valence-corrected chi connectivity index (χ4v) is 1.99. The Morgan fingerprint density at radius 2 is 2.38 bits per heavy atom. The molecule has 1 aliphatic heterocycles. The number of carbonyl (C=O) groups excluding carboxylic acids is 1. The first-order valence-corrected chi connectivity index (χ1v) is 6.37. The second kappa shape index (κ2) is 7.63. The number of amides is 1. The van der Waals surface area contributed by atoms with Crippen molar-refractivity contribution in [3.05, 3.63) is 0 Å². The number of nitrogens with two attached hydrogens (primary N) is 1. The third kappa shape index (κ3) is 4.49. The lowest BCUT2D eigenvalue weighted by molar-refractivity contribution is -0.124. The largest absolute Gasteiger partial charge is 0.378 e. The molecule has 0 bridgehead atoms. The van der Waals surface area contributed by atoms with Crippen LogP contribution >= 0.6 is 0 Å². The van der Waals surface area contributed by atoms with E-state index in [1.165, 1.54) is 12.8 Å². The van der Waals surface area contributed by atoms with E-state index in [-0.39, 0.29) is 11.8 Å². The van der Waals surface area contributed by atoms with Gasteiger partial charge in [-0.05, 0) is 32.1 Å². The summed E-state index contributed by atoms with van der Waals surface area (Å²) in [4.78, 5) is 11.6. The number of rotatable bonds is 6. The minimum absolute atomic E-state index is 0.0349. The first-order chi connectivity index (χ1) is 7.77. The predicted octanol–water partition coefficient (Wildman–Crippen LogP) is 1.05. The molecule has 4 nitrogen and oxygen atoms in total. The minimum atomic E-state index is -0.0349. The van der Waals surface area contributed by atoms with Crippen LogP contribution in [0.5, 0.6) is 0 Å². The molecule has 1 aliphatic rings. The quantitative estimate of drug-likeness (QED) is 0.714. The number of nitrogens with one attached hydrogen (secondary N) is 1. The zero-order chi connectivity index (χ0) is 11.8. The molecule has 1 fully saturated rings. The van der Waals surface area contributed by atoms with Gasteiger partial charge >= 0.3 is 0 Å². The summed E-state index contributed by atoms with van der Waals surface area (Å²) in [5, 5.41) is 2.93. The van der Waals surface area contributed by atoms with Gasteiger partial charge in [-0.25, -0.2) is 0 Å². The summed E-state index contributed by atoms with van der Waals surface area (Å²) in [5.41, 5.74) is 5.51. The standard InChI is InChI=1S/C12H24N2O2/c1-2-10(9-13)12(15)14-7-6-11-5-3-4-8-16-11/h10-11H,2-9,13H2,1H3,(H,14,15). The van der Waals surface area contributed by atoms with E-state index in [2.05, 4.69) is 5.32 Å². The van der Waals surface area contributed by atoms with Crippen molar-refractivity contribution in [2.24, 2.45) is 11.7 Å². The number of hydrogen-bond donors (Lipinski definition) is 2. The molecule has 94 valence electrons. The van der Waals surface area contributed by atoms with Gasteiger partial charge in [0.1, 0.15) is 0 Å². The molecule has 1 amide bonds. The van der Waals surface area contributed by atoms with Gasteiger partial charge in [0.25, 0.3) is 0 Å². The molecular weight excluding hydrogens is 204 g/mol. The first kappa shape index (κ1) is 13.5. The van der Waals surface area contributed by atoms with E-state index in [1.54, 1.807) is 0 Å². The predicted molar refractivity (Wildman–Crippen MR) is 64.1 cm³/mol. The van der Waals surface area contributed by atoms with Crippen molar-refractivity contribution in [3.63, 3.8) is 0 Å². The Balaban J connectivity index is 2.11. The van der Waals surface area contributed by atoms with Gasteiger partial charge in [-0.2, -0.15) is 0 Å².